The summed E-state index contributed by atoms with van der Waals surface area (Å²) in [6.07, 6.45) is 3.88. The fourth-order valence-corrected chi connectivity index (χ4v) is 1.11. The van der Waals surface area contributed by atoms with Crippen LogP contribution in [0.15, 0.2) is 0 Å². The van der Waals surface area contributed by atoms with Crippen molar-refractivity contribution in [1.82, 2.24) is 5.32 Å². The molecule has 0 aromatic carbocycles. The maximum Gasteiger partial charge on any atom is 0.00873 e. The summed E-state index contributed by atoms with van der Waals surface area (Å²) in [5.74, 6) is 0.773. The van der Waals surface area contributed by atoms with E-state index in [1.807, 2.05) is 27.7 Å². The van der Waals surface area contributed by atoms with E-state index in [1.54, 1.807) is 0 Å². The summed E-state index contributed by atoms with van der Waals surface area (Å²) in [6, 6.07) is 0.718. The van der Waals surface area contributed by atoms with Crippen molar-refractivity contribution in [2.75, 3.05) is 6.54 Å². The zero-order valence-electron chi connectivity index (χ0n) is 14.5. The van der Waals surface area contributed by atoms with E-state index in [0.717, 1.165) is 18.5 Å². The van der Waals surface area contributed by atoms with Crippen molar-refractivity contribution in [3.8, 4) is 0 Å². The molecule has 17 heavy (non-hydrogen) atoms. The zero-order valence-corrected chi connectivity index (χ0v) is 14.5. The van der Waals surface area contributed by atoms with E-state index in [-0.39, 0.29) is 0 Å². The molecule has 0 amide bonds. The van der Waals surface area contributed by atoms with Crippen molar-refractivity contribution in [2.45, 2.75) is 94.5 Å². The molecule has 1 unspecified atom stereocenters. The number of unbranched alkanes of at least 4 members (excludes halogenated alkanes) is 1. The van der Waals surface area contributed by atoms with E-state index in [2.05, 4.69) is 46.9 Å². The minimum Gasteiger partial charge on any atom is -0.314 e. The number of hydrogen-bond donors (Lipinski definition) is 1. The average molecular weight is 248 g/mol. The van der Waals surface area contributed by atoms with Crippen LogP contribution in [-0.4, -0.2) is 12.6 Å². The third-order valence-corrected chi connectivity index (χ3v) is 2.21. The topological polar surface area (TPSA) is 12.0 Å². The summed E-state index contributed by atoms with van der Waals surface area (Å²) >= 11 is 0. The van der Waals surface area contributed by atoms with Crippen LogP contribution >= 0.6 is 0 Å². The molecule has 1 atom stereocenters. The van der Waals surface area contributed by atoms with Gasteiger partial charge in [0.15, 0.2) is 0 Å². The van der Waals surface area contributed by atoms with Crippen LogP contribution in [0.1, 0.15) is 88.5 Å². The quantitative estimate of drug-likeness (QED) is 0.639. The van der Waals surface area contributed by atoms with Crippen molar-refractivity contribution >= 4 is 0 Å². The molecule has 0 aliphatic heterocycles. The number of rotatable bonds is 5. The smallest absolute Gasteiger partial charge is 0.00873 e. The first-order chi connectivity index (χ1) is 8.13. The maximum absolute atomic E-state index is 3.43. The summed E-state index contributed by atoms with van der Waals surface area (Å²) in [6.45, 7) is 22.4. The van der Waals surface area contributed by atoms with E-state index in [4.69, 9.17) is 0 Å². The Labute approximate surface area is 113 Å². The Balaban J connectivity index is -0.0000000887. The highest BCUT2D eigenvalue weighted by molar-refractivity contribution is 4.66. The van der Waals surface area contributed by atoms with Crippen LogP contribution in [0.2, 0.25) is 0 Å². The summed E-state index contributed by atoms with van der Waals surface area (Å²) in [7, 11) is 0. The Bertz CT molecular complexity index is 77.6. The van der Waals surface area contributed by atoms with Gasteiger partial charge >= 0.3 is 0 Å². The molecule has 0 aliphatic rings. The van der Waals surface area contributed by atoms with E-state index >= 15 is 0 Å². The predicted molar refractivity (Wildman–Crippen MR) is 85.9 cm³/mol. The van der Waals surface area contributed by atoms with E-state index in [0.29, 0.717) is 0 Å². The molecule has 0 aromatic rings. The van der Waals surface area contributed by atoms with Crippen molar-refractivity contribution in [2.24, 2.45) is 5.92 Å². The maximum atomic E-state index is 3.43. The van der Waals surface area contributed by atoms with Gasteiger partial charge in [0.25, 0.3) is 0 Å². The van der Waals surface area contributed by atoms with Crippen LogP contribution in [0.4, 0.5) is 0 Å². The molecule has 0 spiro atoms. The Kier molecular flexibility index (Phi) is 45.0. The SMILES string of the molecule is CC.CC.CCCC.CCNC(CC)C(C)C. The third kappa shape index (κ3) is 31.4. The van der Waals surface area contributed by atoms with Gasteiger partial charge in [-0.3, -0.25) is 0 Å². The second-order valence-electron chi connectivity index (χ2n) is 3.82. The van der Waals surface area contributed by atoms with Gasteiger partial charge in [0.2, 0.25) is 0 Å². The predicted octanol–water partition coefficient (Wildman–Crippen LogP) is 5.89. The highest BCUT2D eigenvalue weighted by atomic mass is 14.9. The van der Waals surface area contributed by atoms with Crippen LogP contribution in [0.5, 0.6) is 0 Å². The summed E-state index contributed by atoms with van der Waals surface area (Å²) in [4.78, 5) is 0. The lowest BCUT2D eigenvalue weighted by Gasteiger charge is -2.19. The average Bonchev–Trinajstić information content (AvgIpc) is 2.40. The Morgan fingerprint density at radius 1 is 0.765 bits per heavy atom. The Morgan fingerprint density at radius 3 is 1.18 bits per heavy atom. The van der Waals surface area contributed by atoms with Gasteiger partial charge in [0.05, 0.1) is 0 Å². The lowest BCUT2D eigenvalue weighted by atomic mass is 10.0. The van der Waals surface area contributed by atoms with E-state index in [9.17, 15) is 0 Å². The second kappa shape index (κ2) is 29.7. The molecule has 0 bridgehead atoms. The fraction of sp³-hybridized carbons (Fsp3) is 1.00. The van der Waals surface area contributed by atoms with Gasteiger partial charge in [0, 0.05) is 6.04 Å². The standard InChI is InChI=1S/C8H19N.C4H10.2C2H6/c1-5-8(7(3)4)9-6-2;1-3-4-2;2*1-2/h7-9H,5-6H2,1-4H3;3-4H2,1-2H3;2*1-2H3. The first-order valence-electron chi connectivity index (χ1n) is 7.87. The van der Waals surface area contributed by atoms with Gasteiger partial charge in [-0.05, 0) is 18.9 Å². The van der Waals surface area contributed by atoms with Crippen molar-refractivity contribution in [3.63, 3.8) is 0 Å². The summed E-state index contributed by atoms with van der Waals surface area (Å²) < 4.78 is 0. The summed E-state index contributed by atoms with van der Waals surface area (Å²) in [5.41, 5.74) is 0. The molecule has 0 aromatic heterocycles. The molecule has 110 valence electrons. The molecule has 0 radical (unpaired) electrons. The van der Waals surface area contributed by atoms with Gasteiger partial charge in [0.1, 0.15) is 0 Å². The Hall–Kier alpha value is -0.0400. The zero-order chi connectivity index (χ0) is 14.7. The van der Waals surface area contributed by atoms with Gasteiger partial charge in [-0.1, -0.05) is 82.1 Å². The van der Waals surface area contributed by atoms with Gasteiger partial charge in [-0.25, -0.2) is 0 Å². The lowest BCUT2D eigenvalue weighted by molar-refractivity contribution is 0.397. The van der Waals surface area contributed by atoms with Gasteiger partial charge in [-0.15, -0.1) is 0 Å². The van der Waals surface area contributed by atoms with Gasteiger partial charge < -0.3 is 5.32 Å². The fourth-order valence-electron chi connectivity index (χ4n) is 1.11. The molecule has 0 fully saturated rings. The number of nitrogens with one attached hydrogen (secondary N) is 1. The van der Waals surface area contributed by atoms with Crippen molar-refractivity contribution in [1.29, 1.82) is 0 Å². The number of hydrogen-bond acceptors (Lipinski definition) is 1. The van der Waals surface area contributed by atoms with Crippen LogP contribution < -0.4 is 5.32 Å². The molecule has 0 saturated carbocycles. The van der Waals surface area contributed by atoms with Crippen LogP contribution in [0.25, 0.3) is 0 Å². The molecule has 1 heteroatoms. The molecule has 0 saturated heterocycles. The molecular weight excluding hydrogens is 206 g/mol. The molecule has 1 N–H and O–H groups in total. The lowest BCUT2D eigenvalue weighted by Crippen LogP contribution is -2.32. The van der Waals surface area contributed by atoms with Crippen LogP contribution in [-0.2, 0) is 0 Å². The molecule has 0 rings (SSSR count). The molecule has 1 nitrogen and oxygen atoms in total. The van der Waals surface area contributed by atoms with Crippen LogP contribution in [0.3, 0.4) is 0 Å². The highest BCUT2D eigenvalue weighted by Crippen LogP contribution is 2.03. The first kappa shape index (κ1) is 25.7. The van der Waals surface area contributed by atoms with E-state index in [1.165, 1.54) is 19.3 Å². The highest BCUT2D eigenvalue weighted by Gasteiger charge is 2.07. The van der Waals surface area contributed by atoms with Gasteiger partial charge in [-0.2, -0.15) is 0 Å². The van der Waals surface area contributed by atoms with Crippen molar-refractivity contribution in [3.05, 3.63) is 0 Å². The molecular formula is C16H41N. The minimum absolute atomic E-state index is 0.718. The van der Waals surface area contributed by atoms with E-state index < -0.39 is 0 Å². The molecule has 0 aliphatic carbocycles. The molecule has 0 heterocycles. The first-order valence-corrected chi connectivity index (χ1v) is 7.87. The normalized spacial score (nSPS) is 10.1. The van der Waals surface area contributed by atoms with Crippen LogP contribution in [0, 0.1) is 5.92 Å². The Morgan fingerprint density at radius 2 is 1.12 bits per heavy atom. The monoisotopic (exact) mass is 247 g/mol. The second-order valence-corrected chi connectivity index (χ2v) is 3.82. The minimum atomic E-state index is 0.718. The summed E-state index contributed by atoms with van der Waals surface area (Å²) in [5, 5.41) is 3.43. The third-order valence-electron chi connectivity index (χ3n) is 2.21. The van der Waals surface area contributed by atoms with Crippen molar-refractivity contribution < 1.29 is 0 Å². The largest absolute Gasteiger partial charge is 0.314 e.